The maximum absolute atomic E-state index is 15.5. The van der Waals surface area contributed by atoms with E-state index in [2.05, 4.69) is 0 Å². The molecule has 1 saturated heterocycles. The molecule has 0 amide bonds. The minimum Gasteiger partial charge on any atom is -0.492 e. The number of aromatic nitrogens is 1. The van der Waals surface area contributed by atoms with Crippen molar-refractivity contribution < 1.29 is 23.0 Å². The fourth-order valence-corrected chi connectivity index (χ4v) is 4.35. The summed E-state index contributed by atoms with van der Waals surface area (Å²) in [5.74, 6) is -1.58. The number of carbonyl (C=O) groups is 1. The molecule has 7 nitrogen and oxygen atoms in total. The van der Waals surface area contributed by atoms with E-state index in [0.717, 1.165) is 18.9 Å². The lowest BCUT2D eigenvalue weighted by Crippen LogP contribution is -2.33. The first kappa shape index (κ1) is 25.0. The van der Waals surface area contributed by atoms with Gasteiger partial charge in [0.15, 0.2) is 11.6 Å². The van der Waals surface area contributed by atoms with Gasteiger partial charge in [0.05, 0.1) is 24.6 Å². The quantitative estimate of drug-likeness (QED) is 0.628. The van der Waals surface area contributed by atoms with E-state index < -0.39 is 17.2 Å². The summed E-state index contributed by atoms with van der Waals surface area (Å²) in [6, 6.07) is 1.22. The Morgan fingerprint density at radius 3 is 2.67 bits per heavy atom. The monoisotopic (exact) mass is 483 g/mol. The maximum Gasteiger partial charge on any atom is 0.343 e. The second kappa shape index (κ2) is 10.1. The molecule has 4 rings (SSSR count). The molecule has 2 aromatic rings. The predicted molar refractivity (Wildman–Crippen MR) is 125 cm³/mol. The third kappa shape index (κ3) is 4.56. The first-order valence-electron chi connectivity index (χ1n) is 10.8. The number of hydrogen-bond donors (Lipinski definition) is 1. The van der Waals surface area contributed by atoms with Gasteiger partial charge in [0.25, 0.3) is 0 Å². The number of esters is 1. The summed E-state index contributed by atoms with van der Waals surface area (Å²) in [7, 11) is 1.42. The normalized spacial score (nSPS) is 17.5. The fourth-order valence-electron chi connectivity index (χ4n) is 4.35. The zero-order valence-corrected chi connectivity index (χ0v) is 19.5. The van der Waals surface area contributed by atoms with Crippen molar-refractivity contribution in [2.45, 2.75) is 38.6 Å². The number of piperidine rings is 1. The van der Waals surface area contributed by atoms with Gasteiger partial charge in [0.1, 0.15) is 17.1 Å². The topological polar surface area (TPSA) is 86.8 Å². The summed E-state index contributed by atoms with van der Waals surface area (Å²) in [4.78, 5) is 27.2. The number of nitrogens with two attached hydrogens (primary N) is 1. The molecule has 1 aliphatic heterocycles. The minimum absolute atomic E-state index is 0. The predicted octanol–water partition coefficient (Wildman–Crippen LogP) is 3.87. The Kier molecular flexibility index (Phi) is 7.64. The van der Waals surface area contributed by atoms with Gasteiger partial charge >= 0.3 is 5.97 Å². The zero-order chi connectivity index (χ0) is 23.0. The van der Waals surface area contributed by atoms with Crippen LogP contribution in [-0.2, 0) is 4.74 Å². The highest BCUT2D eigenvalue weighted by Gasteiger charge is 2.32. The highest BCUT2D eigenvalue weighted by Crippen LogP contribution is 2.44. The molecule has 0 bridgehead atoms. The van der Waals surface area contributed by atoms with Crippen LogP contribution in [0.3, 0.4) is 0 Å². The van der Waals surface area contributed by atoms with Crippen LogP contribution in [0.2, 0.25) is 0 Å². The van der Waals surface area contributed by atoms with Crippen molar-refractivity contribution in [2.75, 3.05) is 38.3 Å². The van der Waals surface area contributed by atoms with Crippen molar-refractivity contribution in [3.63, 3.8) is 0 Å². The Balaban J connectivity index is 0.00000306. The molecule has 180 valence electrons. The SMILES string of the molecule is CCOC(=O)c1cn(C2CC2)c2c(OC)c(N3CCC/C(=C(\F)CN)C3)c(F)cc2c1=O.Cl. The van der Waals surface area contributed by atoms with Crippen LogP contribution in [0.4, 0.5) is 14.5 Å². The van der Waals surface area contributed by atoms with E-state index in [1.807, 2.05) is 4.57 Å². The second-order valence-electron chi connectivity index (χ2n) is 8.10. The van der Waals surface area contributed by atoms with Crippen LogP contribution >= 0.6 is 12.4 Å². The zero-order valence-electron chi connectivity index (χ0n) is 18.7. The summed E-state index contributed by atoms with van der Waals surface area (Å²) in [6.07, 6.45) is 4.43. The highest BCUT2D eigenvalue weighted by molar-refractivity contribution is 5.97. The number of ether oxygens (including phenoxy) is 2. The van der Waals surface area contributed by atoms with Crippen molar-refractivity contribution in [3.8, 4) is 5.75 Å². The average molecular weight is 484 g/mol. The molecule has 1 aromatic carbocycles. The Morgan fingerprint density at radius 1 is 1.33 bits per heavy atom. The summed E-state index contributed by atoms with van der Waals surface area (Å²) >= 11 is 0. The first-order valence-corrected chi connectivity index (χ1v) is 10.8. The van der Waals surface area contributed by atoms with E-state index in [9.17, 15) is 14.0 Å². The van der Waals surface area contributed by atoms with Gasteiger partial charge in [-0.1, -0.05) is 0 Å². The summed E-state index contributed by atoms with van der Waals surface area (Å²) < 4.78 is 42.1. The summed E-state index contributed by atoms with van der Waals surface area (Å²) in [5, 5.41) is 0.0569. The summed E-state index contributed by atoms with van der Waals surface area (Å²) in [5.41, 5.74) is 5.87. The number of pyridine rings is 1. The standard InChI is InChI=1S/C23H27F2N3O4.ClH/c1-3-32-23(30)16-12-28(14-6-7-14)19-15(21(16)29)9-17(24)20(22(19)31-2)27-8-4-5-13(11-27)18(25)10-26;/h9,12,14H,3-8,10-11,26H2,1-2H3;1H/b18-13+;. The van der Waals surface area contributed by atoms with E-state index >= 15 is 4.39 Å². The number of methoxy groups -OCH3 is 1. The minimum atomic E-state index is -0.736. The van der Waals surface area contributed by atoms with E-state index in [-0.39, 0.29) is 66.4 Å². The molecule has 0 atom stereocenters. The van der Waals surface area contributed by atoms with Crippen LogP contribution in [-0.4, -0.2) is 43.9 Å². The van der Waals surface area contributed by atoms with Crippen molar-refractivity contribution in [1.82, 2.24) is 4.57 Å². The van der Waals surface area contributed by atoms with E-state index in [0.29, 0.717) is 30.5 Å². The molecule has 0 unspecified atom stereocenters. The number of hydrogen-bond acceptors (Lipinski definition) is 6. The lowest BCUT2D eigenvalue weighted by Gasteiger charge is -2.33. The Morgan fingerprint density at radius 2 is 2.06 bits per heavy atom. The molecule has 2 aliphatic rings. The lowest BCUT2D eigenvalue weighted by atomic mass is 10.0. The maximum atomic E-state index is 15.5. The molecule has 33 heavy (non-hydrogen) atoms. The number of fused-ring (bicyclic) bond motifs is 1. The Bertz CT molecular complexity index is 1160. The second-order valence-corrected chi connectivity index (χ2v) is 8.10. The van der Waals surface area contributed by atoms with Gasteiger partial charge in [0.2, 0.25) is 5.43 Å². The number of carbonyl (C=O) groups excluding carboxylic acids is 1. The number of nitrogens with zero attached hydrogens (tertiary/aromatic N) is 2. The third-order valence-electron chi connectivity index (χ3n) is 6.01. The van der Waals surface area contributed by atoms with Crippen molar-refractivity contribution in [3.05, 3.63) is 45.3 Å². The molecule has 1 saturated carbocycles. The third-order valence-corrected chi connectivity index (χ3v) is 6.01. The molecule has 0 spiro atoms. The molecular formula is C23H28ClF2N3O4. The molecule has 2 N–H and O–H groups in total. The van der Waals surface area contributed by atoms with Crippen molar-refractivity contribution >= 4 is 35.0 Å². The van der Waals surface area contributed by atoms with Gasteiger partial charge in [-0.3, -0.25) is 4.79 Å². The number of benzene rings is 1. The van der Waals surface area contributed by atoms with Gasteiger partial charge < -0.3 is 24.7 Å². The highest BCUT2D eigenvalue weighted by atomic mass is 35.5. The van der Waals surface area contributed by atoms with E-state index in [1.165, 1.54) is 13.3 Å². The molecule has 10 heteroatoms. The van der Waals surface area contributed by atoms with Crippen molar-refractivity contribution in [2.24, 2.45) is 5.73 Å². The smallest absolute Gasteiger partial charge is 0.343 e. The van der Waals surface area contributed by atoms with Crippen molar-refractivity contribution in [1.29, 1.82) is 0 Å². The summed E-state index contributed by atoms with van der Waals surface area (Å²) in [6.45, 7) is 2.28. The molecule has 0 radical (unpaired) electrons. The molecule has 1 aromatic heterocycles. The van der Waals surface area contributed by atoms with Crippen LogP contribution < -0.4 is 20.8 Å². The van der Waals surface area contributed by atoms with Gasteiger partial charge in [0, 0.05) is 31.9 Å². The number of halogens is 3. The molecule has 1 aliphatic carbocycles. The number of anilines is 1. The van der Waals surface area contributed by atoms with Crippen LogP contribution in [0.1, 0.15) is 49.0 Å². The van der Waals surface area contributed by atoms with Crippen LogP contribution in [0.15, 0.2) is 28.5 Å². The van der Waals surface area contributed by atoms with Gasteiger partial charge in [-0.05, 0) is 44.2 Å². The van der Waals surface area contributed by atoms with Gasteiger partial charge in [-0.25, -0.2) is 13.6 Å². The van der Waals surface area contributed by atoms with Gasteiger partial charge in [-0.2, -0.15) is 0 Å². The largest absolute Gasteiger partial charge is 0.492 e. The fraction of sp³-hybridized carbons (Fsp3) is 0.478. The van der Waals surface area contributed by atoms with Crippen LogP contribution in [0, 0.1) is 5.82 Å². The number of rotatable bonds is 6. The average Bonchev–Trinajstić information content (AvgIpc) is 3.63. The molecule has 2 heterocycles. The van der Waals surface area contributed by atoms with Crippen LogP contribution in [0.5, 0.6) is 5.75 Å². The molecular weight excluding hydrogens is 456 g/mol. The van der Waals surface area contributed by atoms with Crippen LogP contribution in [0.25, 0.3) is 10.9 Å². The lowest BCUT2D eigenvalue weighted by molar-refractivity contribution is 0.0524. The Hall–Kier alpha value is -2.65. The van der Waals surface area contributed by atoms with Gasteiger partial charge in [-0.15, -0.1) is 12.4 Å². The first-order chi connectivity index (χ1) is 15.4. The Labute approximate surface area is 196 Å². The van der Waals surface area contributed by atoms with E-state index in [1.54, 1.807) is 11.8 Å². The van der Waals surface area contributed by atoms with E-state index in [4.69, 9.17) is 15.2 Å². The molecule has 2 fully saturated rings.